The lowest BCUT2D eigenvalue weighted by molar-refractivity contribution is -0.120. The number of hydrogen-bond donors (Lipinski definition) is 0. The Bertz CT molecular complexity index is 1030. The first-order valence-corrected chi connectivity index (χ1v) is 10.1. The van der Waals surface area contributed by atoms with Crippen LogP contribution in [0, 0.1) is 11.3 Å². The maximum atomic E-state index is 13.6. The molecular weight excluding hydrogens is 410 g/mol. The van der Waals surface area contributed by atoms with Crippen molar-refractivity contribution in [3.63, 3.8) is 0 Å². The first-order chi connectivity index (χ1) is 15.5. The number of ether oxygens (including phenoxy) is 3. The molecule has 0 bridgehead atoms. The highest BCUT2D eigenvalue weighted by Gasteiger charge is 2.42. The fourth-order valence-corrected chi connectivity index (χ4v) is 3.49. The predicted molar refractivity (Wildman–Crippen MR) is 119 cm³/mol. The number of imide groups is 1. The van der Waals surface area contributed by atoms with Crippen LogP contribution in [0.2, 0.25) is 0 Å². The summed E-state index contributed by atoms with van der Waals surface area (Å²) in [6, 6.07) is 15.4. The van der Waals surface area contributed by atoms with Crippen LogP contribution in [0.3, 0.4) is 0 Å². The molecule has 0 fully saturated rings. The lowest BCUT2D eigenvalue weighted by Crippen LogP contribution is -2.37. The summed E-state index contributed by atoms with van der Waals surface area (Å²) >= 11 is 0. The van der Waals surface area contributed by atoms with E-state index in [4.69, 9.17) is 19.5 Å². The quantitative estimate of drug-likeness (QED) is 0.529. The van der Waals surface area contributed by atoms with Crippen LogP contribution in [0.25, 0.3) is 5.57 Å². The van der Waals surface area contributed by atoms with Gasteiger partial charge in [-0.05, 0) is 42.0 Å². The molecule has 166 valence electrons. The third-order valence-electron chi connectivity index (χ3n) is 5.14. The van der Waals surface area contributed by atoms with Gasteiger partial charge in [0.15, 0.2) is 0 Å². The van der Waals surface area contributed by atoms with E-state index in [9.17, 15) is 9.59 Å². The number of nitriles is 1. The van der Waals surface area contributed by atoms with Crippen LogP contribution in [-0.2, 0) is 19.1 Å². The van der Waals surface area contributed by atoms with Crippen molar-refractivity contribution in [2.24, 2.45) is 0 Å². The van der Waals surface area contributed by atoms with Crippen molar-refractivity contribution in [2.75, 3.05) is 52.5 Å². The van der Waals surface area contributed by atoms with Gasteiger partial charge in [-0.3, -0.25) is 9.59 Å². The van der Waals surface area contributed by atoms with Crippen LogP contribution in [0.1, 0.15) is 11.1 Å². The Morgan fingerprint density at radius 3 is 1.97 bits per heavy atom. The van der Waals surface area contributed by atoms with Gasteiger partial charge in [-0.25, -0.2) is 4.90 Å². The molecule has 0 saturated carbocycles. The van der Waals surface area contributed by atoms with Crippen molar-refractivity contribution in [2.45, 2.75) is 0 Å². The molecule has 1 heterocycles. The number of nitrogens with zero attached hydrogens (tertiary/aromatic N) is 3. The smallest absolute Gasteiger partial charge is 0.282 e. The first kappa shape index (κ1) is 23.0. The highest BCUT2D eigenvalue weighted by atomic mass is 16.5. The summed E-state index contributed by atoms with van der Waals surface area (Å²) in [4.78, 5) is 30.1. The first-order valence-electron chi connectivity index (χ1n) is 10.1. The van der Waals surface area contributed by atoms with Crippen LogP contribution in [0.5, 0.6) is 5.75 Å². The zero-order chi connectivity index (χ0) is 23.1. The van der Waals surface area contributed by atoms with Gasteiger partial charge in [0.1, 0.15) is 11.4 Å². The molecule has 1 aliphatic rings. The monoisotopic (exact) mass is 435 g/mol. The van der Waals surface area contributed by atoms with Crippen LogP contribution in [-0.4, -0.2) is 64.3 Å². The number of hydrogen-bond acceptors (Lipinski definition) is 7. The molecular formula is C24H25N3O5. The molecule has 0 saturated heterocycles. The lowest BCUT2D eigenvalue weighted by atomic mass is 10.0. The Hall–Kier alpha value is -3.67. The lowest BCUT2D eigenvalue weighted by Gasteiger charge is -2.25. The highest BCUT2D eigenvalue weighted by Crippen LogP contribution is 2.35. The molecule has 0 spiro atoms. The van der Waals surface area contributed by atoms with E-state index < -0.39 is 11.8 Å². The van der Waals surface area contributed by atoms with E-state index in [0.29, 0.717) is 60.1 Å². The molecule has 2 aromatic rings. The van der Waals surface area contributed by atoms with Crippen molar-refractivity contribution < 1.29 is 23.8 Å². The summed E-state index contributed by atoms with van der Waals surface area (Å²) in [6.45, 7) is 1.58. The predicted octanol–water partition coefficient (Wildman–Crippen LogP) is 2.45. The van der Waals surface area contributed by atoms with Crippen molar-refractivity contribution in [3.8, 4) is 11.8 Å². The average molecular weight is 435 g/mol. The molecule has 0 aliphatic carbocycles. The number of methoxy groups -OCH3 is 3. The van der Waals surface area contributed by atoms with E-state index in [1.807, 2.05) is 11.0 Å². The molecule has 0 radical (unpaired) electrons. The van der Waals surface area contributed by atoms with E-state index in [2.05, 4.69) is 0 Å². The Balaban J connectivity index is 2.10. The van der Waals surface area contributed by atoms with E-state index in [0.717, 1.165) is 4.90 Å². The molecule has 32 heavy (non-hydrogen) atoms. The molecule has 2 aromatic carbocycles. The normalized spacial score (nSPS) is 13.5. The molecule has 1 aliphatic heterocycles. The molecule has 3 rings (SSSR count). The maximum absolute atomic E-state index is 13.6. The summed E-state index contributed by atoms with van der Waals surface area (Å²) in [7, 11) is 4.73. The van der Waals surface area contributed by atoms with Gasteiger partial charge in [-0.15, -0.1) is 0 Å². The number of benzene rings is 2. The summed E-state index contributed by atoms with van der Waals surface area (Å²) < 4.78 is 15.7. The molecule has 0 N–H and O–H groups in total. The fraction of sp³-hybridized carbons (Fsp3) is 0.292. The second-order valence-corrected chi connectivity index (χ2v) is 7.03. The molecule has 8 nitrogen and oxygen atoms in total. The Kier molecular flexibility index (Phi) is 7.60. The number of carbonyl (C=O) groups excluding carboxylic acids is 2. The Morgan fingerprint density at radius 2 is 1.47 bits per heavy atom. The van der Waals surface area contributed by atoms with Crippen LogP contribution >= 0.6 is 0 Å². The zero-order valence-corrected chi connectivity index (χ0v) is 18.3. The van der Waals surface area contributed by atoms with Gasteiger partial charge in [0.25, 0.3) is 11.8 Å². The van der Waals surface area contributed by atoms with Crippen molar-refractivity contribution in [1.29, 1.82) is 5.26 Å². The molecule has 0 aromatic heterocycles. The van der Waals surface area contributed by atoms with Crippen molar-refractivity contribution in [1.82, 2.24) is 4.90 Å². The summed E-state index contributed by atoms with van der Waals surface area (Å²) in [5.41, 5.74) is 2.04. The van der Waals surface area contributed by atoms with Crippen LogP contribution in [0.15, 0.2) is 54.2 Å². The minimum atomic E-state index is -0.433. The minimum Gasteiger partial charge on any atom is -0.497 e. The highest BCUT2D eigenvalue weighted by molar-refractivity contribution is 6.45. The van der Waals surface area contributed by atoms with E-state index in [-0.39, 0.29) is 0 Å². The van der Waals surface area contributed by atoms with E-state index >= 15 is 0 Å². The third kappa shape index (κ3) is 4.64. The van der Waals surface area contributed by atoms with Gasteiger partial charge < -0.3 is 19.1 Å². The number of amides is 2. The minimum absolute atomic E-state index is 0.290. The molecule has 0 unspecified atom stereocenters. The van der Waals surface area contributed by atoms with E-state index in [1.165, 1.54) is 0 Å². The summed E-state index contributed by atoms with van der Waals surface area (Å²) in [5, 5.41) is 9.06. The van der Waals surface area contributed by atoms with Gasteiger partial charge in [0, 0.05) is 27.3 Å². The Labute approximate surface area is 187 Å². The summed E-state index contributed by atoms with van der Waals surface area (Å²) in [5.74, 6) is -0.218. The van der Waals surface area contributed by atoms with Gasteiger partial charge in [0.2, 0.25) is 0 Å². The van der Waals surface area contributed by atoms with Gasteiger partial charge in [-0.1, -0.05) is 12.1 Å². The number of anilines is 1. The van der Waals surface area contributed by atoms with Crippen molar-refractivity contribution >= 4 is 23.1 Å². The zero-order valence-electron chi connectivity index (χ0n) is 18.3. The Morgan fingerprint density at radius 1 is 0.875 bits per heavy atom. The summed E-state index contributed by atoms with van der Waals surface area (Å²) in [6.07, 6.45) is 0. The molecule has 2 amide bonds. The van der Waals surface area contributed by atoms with Crippen LogP contribution in [0.4, 0.5) is 5.69 Å². The largest absolute Gasteiger partial charge is 0.497 e. The molecule has 0 atom stereocenters. The third-order valence-corrected chi connectivity index (χ3v) is 5.14. The van der Waals surface area contributed by atoms with Crippen LogP contribution < -0.4 is 9.64 Å². The van der Waals surface area contributed by atoms with Gasteiger partial charge in [-0.2, -0.15) is 5.26 Å². The number of carbonyl (C=O) groups is 2. The second-order valence-electron chi connectivity index (χ2n) is 7.03. The van der Waals surface area contributed by atoms with Crippen molar-refractivity contribution in [3.05, 3.63) is 65.4 Å². The van der Waals surface area contributed by atoms with Gasteiger partial charge >= 0.3 is 0 Å². The average Bonchev–Trinajstić information content (AvgIpc) is 3.09. The van der Waals surface area contributed by atoms with Gasteiger partial charge in [0.05, 0.1) is 43.2 Å². The topological polar surface area (TPSA) is 92.1 Å². The van der Waals surface area contributed by atoms with E-state index in [1.54, 1.807) is 69.9 Å². The fourth-order valence-electron chi connectivity index (χ4n) is 3.49. The number of rotatable bonds is 10. The second kappa shape index (κ2) is 10.6. The standard InChI is InChI=1S/C24H25N3O5/c1-30-14-12-26(13-15-31-2)22-21(18-6-10-20(32-3)11-7-18)23(28)27(24(22)29)19-8-4-17(16-25)5-9-19/h4-11H,12-15H2,1-3H3. The maximum Gasteiger partial charge on any atom is 0.282 e. The molecule has 8 heteroatoms. The SMILES string of the molecule is COCCN(CCOC)C1=C(c2ccc(OC)cc2)C(=O)N(c2ccc(C#N)cc2)C1=O.